The molecule has 0 radical (unpaired) electrons. The Morgan fingerprint density at radius 2 is 1.80 bits per heavy atom. The van der Waals surface area contributed by atoms with Gasteiger partial charge in [-0.2, -0.15) is 0 Å². The summed E-state index contributed by atoms with van der Waals surface area (Å²) < 4.78 is 26.5. The topological polar surface area (TPSA) is 75.3 Å². The standard InChI is InChI=1S/C12H16Cl2N2O3S/c1-3-8(2)16-20(18,19)10-6-4-9(5-7-10)15-12(17)11(13)14/h4-8,11,16H,3H2,1-2H3,(H,15,17)/t8-/m0/s1. The van der Waals surface area contributed by atoms with E-state index in [1.807, 2.05) is 6.92 Å². The number of anilines is 1. The highest BCUT2D eigenvalue weighted by Gasteiger charge is 2.17. The van der Waals surface area contributed by atoms with Crippen molar-refractivity contribution in [1.29, 1.82) is 0 Å². The molecule has 2 N–H and O–H groups in total. The smallest absolute Gasteiger partial charge is 0.257 e. The van der Waals surface area contributed by atoms with Gasteiger partial charge in [0, 0.05) is 11.7 Å². The molecule has 0 aliphatic heterocycles. The van der Waals surface area contributed by atoms with Crippen LogP contribution >= 0.6 is 23.2 Å². The summed E-state index contributed by atoms with van der Waals surface area (Å²) in [5, 5.41) is 2.45. The van der Waals surface area contributed by atoms with E-state index in [0.717, 1.165) is 0 Å². The van der Waals surface area contributed by atoms with Crippen molar-refractivity contribution >= 4 is 44.8 Å². The number of alkyl halides is 2. The van der Waals surface area contributed by atoms with Crippen molar-refractivity contribution in [3.8, 4) is 0 Å². The first kappa shape index (κ1) is 17.2. The van der Waals surface area contributed by atoms with E-state index >= 15 is 0 Å². The number of hydrogen-bond acceptors (Lipinski definition) is 3. The molecule has 0 bridgehead atoms. The minimum absolute atomic E-state index is 0.129. The van der Waals surface area contributed by atoms with Crippen LogP contribution in [0.5, 0.6) is 0 Å². The summed E-state index contributed by atoms with van der Waals surface area (Å²) in [7, 11) is -3.55. The lowest BCUT2D eigenvalue weighted by Crippen LogP contribution is -2.31. The maximum atomic E-state index is 12.0. The number of benzene rings is 1. The van der Waals surface area contributed by atoms with Gasteiger partial charge in [-0.3, -0.25) is 4.79 Å². The van der Waals surface area contributed by atoms with Crippen molar-refractivity contribution in [2.75, 3.05) is 5.32 Å². The van der Waals surface area contributed by atoms with Gasteiger partial charge in [-0.15, -0.1) is 0 Å². The predicted molar refractivity (Wildman–Crippen MR) is 80.6 cm³/mol. The molecule has 0 aromatic heterocycles. The van der Waals surface area contributed by atoms with Crippen LogP contribution in [0.4, 0.5) is 5.69 Å². The van der Waals surface area contributed by atoms with Crippen molar-refractivity contribution in [2.24, 2.45) is 0 Å². The number of carbonyl (C=O) groups is 1. The molecule has 112 valence electrons. The van der Waals surface area contributed by atoms with E-state index in [1.165, 1.54) is 24.3 Å². The van der Waals surface area contributed by atoms with Crippen LogP contribution in [0.1, 0.15) is 20.3 Å². The lowest BCUT2D eigenvalue weighted by molar-refractivity contribution is -0.114. The molecule has 5 nitrogen and oxygen atoms in total. The van der Waals surface area contributed by atoms with Crippen LogP contribution in [0.3, 0.4) is 0 Å². The normalized spacial score (nSPS) is 13.2. The molecule has 1 aromatic carbocycles. The van der Waals surface area contributed by atoms with Crippen LogP contribution in [-0.4, -0.2) is 25.2 Å². The van der Waals surface area contributed by atoms with Crippen LogP contribution in [0.2, 0.25) is 0 Å². The van der Waals surface area contributed by atoms with Crippen molar-refractivity contribution in [1.82, 2.24) is 4.72 Å². The van der Waals surface area contributed by atoms with Gasteiger partial charge in [0.1, 0.15) is 0 Å². The molecule has 0 fully saturated rings. The van der Waals surface area contributed by atoms with E-state index in [2.05, 4.69) is 10.0 Å². The Bertz CT molecular complexity index is 559. The summed E-state index contributed by atoms with van der Waals surface area (Å²) in [5.74, 6) is -0.568. The predicted octanol–water partition coefficient (Wildman–Crippen LogP) is 2.51. The summed E-state index contributed by atoms with van der Waals surface area (Å²) in [5.41, 5.74) is 0.420. The summed E-state index contributed by atoms with van der Waals surface area (Å²) >= 11 is 10.8. The Hall–Kier alpha value is -0.820. The van der Waals surface area contributed by atoms with Gasteiger partial charge in [0.2, 0.25) is 10.0 Å². The second-order valence-electron chi connectivity index (χ2n) is 4.24. The Balaban J connectivity index is 2.83. The molecular weight excluding hydrogens is 323 g/mol. The van der Waals surface area contributed by atoms with E-state index in [1.54, 1.807) is 6.92 Å². The number of halogens is 2. The van der Waals surface area contributed by atoms with Gasteiger partial charge in [-0.05, 0) is 37.6 Å². The van der Waals surface area contributed by atoms with Crippen LogP contribution in [-0.2, 0) is 14.8 Å². The highest BCUT2D eigenvalue weighted by atomic mass is 35.5. The molecule has 0 saturated carbocycles. The average molecular weight is 339 g/mol. The van der Waals surface area contributed by atoms with Gasteiger partial charge in [0.05, 0.1) is 4.90 Å². The van der Waals surface area contributed by atoms with Gasteiger partial charge < -0.3 is 5.32 Å². The molecule has 1 atom stereocenters. The molecule has 0 aliphatic carbocycles. The maximum absolute atomic E-state index is 12.0. The number of nitrogens with one attached hydrogen (secondary N) is 2. The molecule has 0 aliphatic rings. The Labute approximate surface area is 128 Å². The van der Waals surface area contributed by atoms with E-state index in [4.69, 9.17) is 23.2 Å². The largest absolute Gasteiger partial charge is 0.324 e. The van der Waals surface area contributed by atoms with E-state index in [0.29, 0.717) is 12.1 Å². The van der Waals surface area contributed by atoms with Crippen LogP contribution in [0, 0.1) is 0 Å². The van der Waals surface area contributed by atoms with E-state index in [-0.39, 0.29) is 10.9 Å². The molecule has 0 unspecified atom stereocenters. The van der Waals surface area contributed by atoms with Crippen molar-refractivity contribution in [2.45, 2.75) is 36.0 Å². The van der Waals surface area contributed by atoms with E-state index < -0.39 is 20.8 Å². The number of hydrogen-bond donors (Lipinski definition) is 2. The number of rotatable bonds is 6. The fraction of sp³-hybridized carbons (Fsp3) is 0.417. The SMILES string of the molecule is CC[C@H](C)NS(=O)(=O)c1ccc(NC(=O)C(Cl)Cl)cc1. The zero-order valence-electron chi connectivity index (χ0n) is 11.1. The Morgan fingerprint density at radius 1 is 1.25 bits per heavy atom. The molecule has 1 aromatic rings. The third kappa shape index (κ3) is 4.94. The fourth-order valence-electron chi connectivity index (χ4n) is 1.33. The highest BCUT2D eigenvalue weighted by Crippen LogP contribution is 2.16. The zero-order chi connectivity index (χ0) is 15.3. The molecule has 0 saturated heterocycles. The van der Waals surface area contributed by atoms with Crippen molar-refractivity contribution in [3.63, 3.8) is 0 Å². The lowest BCUT2D eigenvalue weighted by Gasteiger charge is -2.12. The molecular formula is C12H16Cl2N2O3S. The highest BCUT2D eigenvalue weighted by molar-refractivity contribution is 7.89. The number of sulfonamides is 1. The second kappa shape index (κ2) is 7.26. The second-order valence-corrected chi connectivity index (χ2v) is 7.06. The Kier molecular flexibility index (Phi) is 6.26. The molecule has 20 heavy (non-hydrogen) atoms. The quantitative estimate of drug-likeness (QED) is 0.782. The summed E-state index contributed by atoms with van der Waals surface area (Å²) in [4.78, 5) is 10.2. The summed E-state index contributed by atoms with van der Waals surface area (Å²) in [6.45, 7) is 3.67. The fourth-order valence-corrected chi connectivity index (χ4v) is 2.77. The third-order valence-electron chi connectivity index (χ3n) is 2.60. The minimum Gasteiger partial charge on any atom is -0.324 e. The third-order valence-corrected chi connectivity index (χ3v) is 4.60. The van der Waals surface area contributed by atoms with Crippen LogP contribution in [0.15, 0.2) is 29.2 Å². The van der Waals surface area contributed by atoms with Gasteiger partial charge in [0.15, 0.2) is 4.84 Å². The number of amides is 1. The molecule has 0 heterocycles. The molecule has 1 rings (SSSR count). The van der Waals surface area contributed by atoms with Crippen LogP contribution in [0.25, 0.3) is 0 Å². The first-order valence-corrected chi connectivity index (χ1v) is 8.33. The summed E-state index contributed by atoms with van der Waals surface area (Å²) in [6.07, 6.45) is 0.695. The number of carbonyl (C=O) groups excluding carboxylic acids is 1. The maximum Gasteiger partial charge on any atom is 0.257 e. The van der Waals surface area contributed by atoms with Gasteiger partial charge >= 0.3 is 0 Å². The average Bonchev–Trinajstić information content (AvgIpc) is 2.38. The summed E-state index contributed by atoms with van der Waals surface area (Å²) in [6, 6.07) is 5.60. The van der Waals surface area contributed by atoms with Gasteiger partial charge in [0.25, 0.3) is 5.91 Å². The van der Waals surface area contributed by atoms with Crippen molar-refractivity contribution < 1.29 is 13.2 Å². The van der Waals surface area contributed by atoms with Gasteiger partial charge in [-0.1, -0.05) is 30.1 Å². The first-order valence-electron chi connectivity index (χ1n) is 5.97. The lowest BCUT2D eigenvalue weighted by atomic mass is 10.3. The van der Waals surface area contributed by atoms with Crippen molar-refractivity contribution in [3.05, 3.63) is 24.3 Å². The van der Waals surface area contributed by atoms with Crippen LogP contribution < -0.4 is 10.0 Å². The van der Waals surface area contributed by atoms with E-state index in [9.17, 15) is 13.2 Å². The minimum atomic E-state index is -3.55. The zero-order valence-corrected chi connectivity index (χ0v) is 13.4. The Morgan fingerprint density at radius 3 is 2.25 bits per heavy atom. The molecule has 0 spiro atoms. The van der Waals surface area contributed by atoms with Gasteiger partial charge in [-0.25, -0.2) is 13.1 Å². The first-order chi connectivity index (χ1) is 9.26. The molecule has 1 amide bonds. The molecule has 8 heteroatoms. The monoisotopic (exact) mass is 338 g/mol.